The van der Waals surface area contributed by atoms with Crippen LogP contribution >= 0.6 is 0 Å². The van der Waals surface area contributed by atoms with Crippen LogP contribution in [0.4, 0.5) is 0 Å². The summed E-state index contributed by atoms with van der Waals surface area (Å²) in [6.45, 7) is 12.3. The maximum absolute atomic E-state index is 5.61. The SMILES string of the molecule is CCCCCCCCCCOCCOCCOCCOCCOCCOCCCCCCC. The second kappa shape index (κ2) is 31.8. The van der Waals surface area contributed by atoms with Crippen LogP contribution in [-0.4, -0.2) is 79.3 Å². The quantitative estimate of drug-likeness (QED) is 0.115. The zero-order valence-electron chi connectivity index (χ0n) is 22.1. The number of unbranched alkanes of at least 4 members (excludes halogenated alkanes) is 11. The van der Waals surface area contributed by atoms with Crippen LogP contribution in [0, 0.1) is 0 Å². The number of ether oxygens (including phenoxy) is 6. The lowest BCUT2D eigenvalue weighted by Crippen LogP contribution is -2.14. The van der Waals surface area contributed by atoms with Crippen molar-refractivity contribution in [1.82, 2.24) is 0 Å². The molecule has 0 aromatic carbocycles. The van der Waals surface area contributed by atoms with Gasteiger partial charge >= 0.3 is 0 Å². The van der Waals surface area contributed by atoms with Gasteiger partial charge in [-0.25, -0.2) is 0 Å². The van der Waals surface area contributed by atoms with Crippen LogP contribution in [0.25, 0.3) is 0 Å². The molecule has 0 amide bonds. The zero-order chi connectivity index (χ0) is 23.9. The van der Waals surface area contributed by atoms with Crippen molar-refractivity contribution >= 4 is 0 Å². The number of hydrogen-bond donors (Lipinski definition) is 0. The Balaban J connectivity index is 2.99. The molecule has 0 aliphatic carbocycles. The first-order valence-corrected chi connectivity index (χ1v) is 13.9. The van der Waals surface area contributed by atoms with Crippen LogP contribution in [0.15, 0.2) is 0 Å². The fourth-order valence-electron chi connectivity index (χ4n) is 3.35. The Morgan fingerprint density at radius 3 is 0.727 bits per heavy atom. The topological polar surface area (TPSA) is 55.4 Å². The van der Waals surface area contributed by atoms with Crippen molar-refractivity contribution in [2.45, 2.75) is 97.3 Å². The molecule has 0 atom stereocenters. The Bertz CT molecular complexity index is 300. The first-order valence-electron chi connectivity index (χ1n) is 13.9. The van der Waals surface area contributed by atoms with Gasteiger partial charge in [0.15, 0.2) is 0 Å². The molecule has 0 aromatic rings. The Morgan fingerprint density at radius 2 is 0.455 bits per heavy atom. The van der Waals surface area contributed by atoms with E-state index in [4.69, 9.17) is 28.4 Å². The van der Waals surface area contributed by atoms with Crippen LogP contribution in [0.1, 0.15) is 97.3 Å². The summed E-state index contributed by atoms with van der Waals surface area (Å²) in [4.78, 5) is 0. The molecule has 0 unspecified atom stereocenters. The Labute approximate surface area is 205 Å². The van der Waals surface area contributed by atoms with Crippen molar-refractivity contribution in [3.63, 3.8) is 0 Å². The van der Waals surface area contributed by atoms with E-state index in [1.54, 1.807) is 0 Å². The van der Waals surface area contributed by atoms with Crippen LogP contribution < -0.4 is 0 Å². The summed E-state index contributed by atoms with van der Waals surface area (Å²) < 4.78 is 33.2. The molecule has 0 radical (unpaired) electrons. The first-order chi connectivity index (χ1) is 16.4. The molecule has 200 valence electrons. The van der Waals surface area contributed by atoms with Gasteiger partial charge in [-0.3, -0.25) is 0 Å². The molecule has 0 aliphatic heterocycles. The lowest BCUT2D eigenvalue weighted by atomic mass is 10.1. The lowest BCUT2D eigenvalue weighted by Gasteiger charge is -2.08. The minimum Gasteiger partial charge on any atom is -0.379 e. The molecule has 0 bridgehead atoms. The van der Waals surface area contributed by atoms with Gasteiger partial charge in [-0.1, -0.05) is 84.5 Å². The lowest BCUT2D eigenvalue weighted by molar-refractivity contribution is -0.0169. The fourth-order valence-corrected chi connectivity index (χ4v) is 3.35. The van der Waals surface area contributed by atoms with E-state index in [0.29, 0.717) is 66.1 Å². The molecule has 0 spiro atoms. The van der Waals surface area contributed by atoms with E-state index in [0.717, 1.165) is 26.1 Å². The molecule has 0 aromatic heterocycles. The normalized spacial score (nSPS) is 11.5. The smallest absolute Gasteiger partial charge is 0.0701 e. The minimum atomic E-state index is 0.583. The van der Waals surface area contributed by atoms with E-state index in [2.05, 4.69) is 13.8 Å². The van der Waals surface area contributed by atoms with E-state index >= 15 is 0 Å². The Morgan fingerprint density at radius 1 is 0.242 bits per heavy atom. The van der Waals surface area contributed by atoms with Gasteiger partial charge < -0.3 is 28.4 Å². The molecule has 0 saturated heterocycles. The minimum absolute atomic E-state index is 0.583. The molecule has 6 nitrogen and oxygen atoms in total. The third kappa shape index (κ3) is 31.8. The van der Waals surface area contributed by atoms with Gasteiger partial charge in [-0.05, 0) is 12.8 Å². The second-order valence-corrected chi connectivity index (χ2v) is 8.56. The highest BCUT2D eigenvalue weighted by molar-refractivity contribution is 4.46. The van der Waals surface area contributed by atoms with E-state index in [1.807, 2.05) is 0 Å². The Kier molecular flexibility index (Phi) is 31.5. The van der Waals surface area contributed by atoms with Crippen LogP contribution in [-0.2, 0) is 28.4 Å². The highest BCUT2D eigenvalue weighted by Crippen LogP contribution is 2.08. The van der Waals surface area contributed by atoms with Crippen LogP contribution in [0.2, 0.25) is 0 Å². The van der Waals surface area contributed by atoms with E-state index < -0.39 is 0 Å². The zero-order valence-corrected chi connectivity index (χ0v) is 22.1. The molecule has 33 heavy (non-hydrogen) atoms. The predicted octanol–water partition coefficient (Wildman–Crippen LogP) is 6.20. The third-order valence-corrected chi connectivity index (χ3v) is 5.39. The molecule has 0 rings (SSSR count). The molecule has 6 heteroatoms. The third-order valence-electron chi connectivity index (χ3n) is 5.39. The average molecular weight is 477 g/mol. The summed E-state index contributed by atoms with van der Waals surface area (Å²) in [7, 11) is 0. The van der Waals surface area contributed by atoms with Gasteiger partial charge in [0.25, 0.3) is 0 Å². The van der Waals surface area contributed by atoms with E-state index in [-0.39, 0.29) is 0 Å². The summed E-state index contributed by atoms with van der Waals surface area (Å²) >= 11 is 0. The molecular weight excluding hydrogens is 420 g/mol. The van der Waals surface area contributed by atoms with Crippen molar-refractivity contribution < 1.29 is 28.4 Å². The summed E-state index contributed by atoms with van der Waals surface area (Å²) in [6, 6.07) is 0. The monoisotopic (exact) mass is 476 g/mol. The summed E-state index contributed by atoms with van der Waals surface area (Å²) in [5.41, 5.74) is 0. The van der Waals surface area contributed by atoms with Crippen molar-refractivity contribution in [1.29, 1.82) is 0 Å². The Hall–Kier alpha value is -0.240. The highest BCUT2D eigenvalue weighted by Gasteiger charge is 1.95. The van der Waals surface area contributed by atoms with Gasteiger partial charge in [-0.2, -0.15) is 0 Å². The van der Waals surface area contributed by atoms with Crippen LogP contribution in [0.3, 0.4) is 0 Å². The maximum Gasteiger partial charge on any atom is 0.0701 e. The van der Waals surface area contributed by atoms with Crippen LogP contribution in [0.5, 0.6) is 0 Å². The molecule has 0 aliphatic rings. The van der Waals surface area contributed by atoms with Gasteiger partial charge in [0.05, 0.1) is 66.1 Å². The maximum atomic E-state index is 5.61. The van der Waals surface area contributed by atoms with Gasteiger partial charge in [0.1, 0.15) is 0 Å². The summed E-state index contributed by atoms with van der Waals surface area (Å²) in [5.74, 6) is 0. The van der Waals surface area contributed by atoms with Crippen molar-refractivity contribution in [2.24, 2.45) is 0 Å². The van der Waals surface area contributed by atoms with E-state index in [1.165, 1.54) is 70.6 Å². The summed E-state index contributed by atoms with van der Waals surface area (Å²) in [6.07, 6.45) is 17.0. The molecule has 0 N–H and O–H groups in total. The molecule has 0 saturated carbocycles. The van der Waals surface area contributed by atoms with Gasteiger partial charge in [-0.15, -0.1) is 0 Å². The largest absolute Gasteiger partial charge is 0.379 e. The van der Waals surface area contributed by atoms with Gasteiger partial charge in [0, 0.05) is 13.2 Å². The van der Waals surface area contributed by atoms with Crippen molar-refractivity contribution in [3.8, 4) is 0 Å². The molecule has 0 fully saturated rings. The number of hydrogen-bond acceptors (Lipinski definition) is 6. The average Bonchev–Trinajstić information content (AvgIpc) is 2.83. The molecule has 0 heterocycles. The standard InChI is InChI=1S/C27H56O6/c1-3-5-7-9-10-11-13-15-17-29-19-21-31-23-25-33-27-26-32-24-22-30-20-18-28-16-14-12-8-6-4-2/h3-27H2,1-2H3. The highest BCUT2D eigenvalue weighted by atomic mass is 16.6. The van der Waals surface area contributed by atoms with Crippen molar-refractivity contribution in [2.75, 3.05) is 79.3 Å². The van der Waals surface area contributed by atoms with Crippen molar-refractivity contribution in [3.05, 3.63) is 0 Å². The van der Waals surface area contributed by atoms with Gasteiger partial charge in [0.2, 0.25) is 0 Å². The molecular formula is C27H56O6. The first kappa shape index (κ1) is 32.8. The number of rotatable bonds is 30. The predicted molar refractivity (Wildman–Crippen MR) is 136 cm³/mol. The van der Waals surface area contributed by atoms with E-state index in [9.17, 15) is 0 Å². The summed E-state index contributed by atoms with van der Waals surface area (Å²) in [5, 5.41) is 0. The second-order valence-electron chi connectivity index (χ2n) is 8.56. The fraction of sp³-hybridized carbons (Fsp3) is 1.00.